The second kappa shape index (κ2) is 9.80. The lowest BCUT2D eigenvalue weighted by atomic mass is 10.1. The molecule has 1 N–H and O–H groups in total. The Morgan fingerprint density at radius 3 is 2.43 bits per heavy atom. The minimum absolute atomic E-state index is 0.212. The number of rotatable bonds is 9. The van der Waals surface area contributed by atoms with Crippen LogP contribution in [0.25, 0.3) is 0 Å². The fourth-order valence-electron chi connectivity index (χ4n) is 2.52. The molecular weight excluding hydrogens is 400 g/mol. The van der Waals surface area contributed by atoms with Crippen molar-refractivity contribution in [3.8, 4) is 5.75 Å². The average Bonchev–Trinajstić information content (AvgIpc) is 2.65. The van der Waals surface area contributed by atoms with Crippen molar-refractivity contribution in [1.29, 1.82) is 0 Å². The first-order valence-electron chi connectivity index (χ1n) is 8.90. The van der Waals surface area contributed by atoms with Gasteiger partial charge in [-0.25, -0.2) is 8.42 Å². The van der Waals surface area contributed by atoms with Crippen molar-refractivity contribution in [2.75, 3.05) is 24.2 Å². The van der Waals surface area contributed by atoms with Crippen LogP contribution in [0.5, 0.6) is 5.75 Å². The SMILES string of the molecule is CC(Oc1ccc(N(C)S(C)(=O)=O)cc1)C(=O)NCCCc1ccccc1Cl. The summed E-state index contributed by atoms with van der Waals surface area (Å²) in [6, 6.07) is 14.2. The molecule has 0 radical (unpaired) electrons. The quantitative estimate of drug-likeness (QED) is 0.627. The van der Waals surface area contributed by atoms with Crippen molar-refractivity contribution < 1.29 is 17.9 Å². The predicted octanol–water partition coefficient (Wildman–Crippen LogP) is 3.25. The number of carbonyl (C=O) groups is 1. The van der Waals surface area contributed by atoms with Crippen LogP contribution in [0.15, 0.2) is 48.5 Å². The molecule has 1 atom stereocenters. The molecule has 0 spiro atoms. The van der Waals surface area contributed by atoms with Gasteiger partial charge >= 0.3 is 0 Å². The van der Waals surface area contributed by atoms with E-state index >= 15 is 0 Å². The number of nitrogens with zero attached hydrogens (tertiary/aromatic N) is 1. The molecule has 1 amide bonds. The van der Waals surface area contributed by atoms with Crippen molar-refractivity contribution in [3.63, 3.8) is 0 Å². The number of benzene rings is 2. The summed E-state index contributed by atoms with van der Waals surface area (Å²) in [5.74, 6) is 0.279. The standard InChI is InChI=1S/C20H25ClN2O4S/c1-15(20(24)22-14-6-8-16-7-4-5-9-19(16)21)27-18-12-10-17(11-13-18)23(2)28(3,25)26/h4-5,7,9-13,15H,6,8,14H2,1-3H3,(H,22,24). The van der Waals surface area contributed by atoms with Crippen LogP contribution in [0.1, 0.15) is 18.9 Å². The zero-order chi connectivity index (χ0) is 20.7. The Bertz CT molecular complexity index is 901. The van der Waals surface area contributed by atoms with Gasteiger partial charge in [0.1, 0.15) is 5.75 Å². The third-order valence-electron chi connectivity index (χ3n) is 4.26. The van der Waals surface area contributed by atoms with Crippen LogP contribution < -0.4 is 14.4 Å². The fourth-order valence-corrected chi connectivity index (χ4v) is 3.25. The molecule has 0 aliphatic heterocycles. The van der Waals surface area contributed by atoms with Gasteiger partial charge in [0.25, 0.3) is 5.91 Å². The number of halogens is 1. The third-order valence-corrected chi connectivity index (χ3v) is 5.83. The van der Waals surface area contributed by atoms with Crippen molar-refractivity contribution in [1.82, 2.24) is 5.32 Å². The Hall–Kier alpha value is -2.25. The molecule has 2 aromatic carbocycles. The Morgan fingerprint density at radius 1 is 1.18 bits per heavy atom. The molecule has 28 heavy (non-hydrogen) atoms. The van der Waals surface area contributed by atoms with Crippen LogP contribution in [-0.4, -0.2) is 40.3 Å². The molecule has 2 rings (SSSR count). The summed E-state index contributed by atoms with van der Waals surface area (Å²) in [4.78, 5) is 12.2. The van der Waals surface area contributed by atoms with Crippen molar-refractivity contribution in [3.05, 3.63) is 59.1 Å². The second-order valence-corrected chi connectivity index (χ2v) is 8.89. The number of ether oxygens (including phenoxy) is 1. The van der Waals surface area contributed by atoms with Crippen LogP contribution in [0.3, 0.4) is 0 Å². The van der Waals surface area contributed by atoms with E-state index < -0.39 is 16.1 Å². The number of carbonyl (C=O) groups excluding carboxylic acids is 1. The van der Waals surface area contributed by atoms with Gasteiger partial charge in [-0.15, -0.1) is 0 Å². The van der Waals surface area contributed by atoms with Crippen molar-refractivity contribution in [2.45, 2.75) is 25.9 Å². The number of amides is 1. The van der Waals surface area contributed by atoms with E-state index in [1.54, 1.807) is 31.2 Å². The van der Waals surface area contributed by atoms with Gasteiger partial charge in [-0.1, -0.05) is 29.8 Å². The Balaban J connectivity index is 1.79. The molecule has 0 aliphatic carbocycles. The number of sulfonamides is 1. The maximum Gasteiger partial charge on any atom is 0.260 e. The molecule has 0 bridgehead atoms. The van der Waals surface area contributed by atoms with Crippen LogP contribution >= 0.6 is 11.6 Å². The van der Waals surface area contributed by atoms with Crippen molar-refractivity contribution in [2.24, 2.45) is 0 Å². The van der Waals surface area contributed by atoms with Gasteiger partial charge in [-0.3, -0.25) is 9.10 Å². The normalized spacial score (nSPS) is 12.3. The van der Waals surface area contributed by atoms with E-state index in [1.807, 2.05) is 24.3 Å². The molecule has 0 saturated carbocycles. The molecule has 0 aromatic heterocycles. The third kappa shape index (κ3) is 6.42. The summed E-state index contributed by atoms with van der Waals surface area (Å²) >= 11 is 6.12. The molecule has 0 aliphatic rings. The van der Waals surface area contributed by atoms with E-state index in [9.17, 15) is 13.2 Å². The van der Waals surface area contributed by atoms with Gasteiger partial charge in [0.2, 0.25) is 10.0 Å². The highest BCUT2D eigenvalue weighted by Crippen LogP contribution is 2.21. The number of aryl methyl sites for hydroxylation is 1. The number of anilines is 1. The van der Waals surface area contributed by atoms with Crippen LogP contribution in [0, 0.1) is 0 Å². The van der Waals surface area contributed by atoms with Gasteiger partial charge < -0.3 is 10.1 Å². The first-order valence-corrected chi connectivity index (χ1v) is 11.1. The molecule has 1 unspecified atom stereocenters. The second-order valence-electron chi connectivity index (χ2n) is 6.47. The maximum absolute atomic E-state index is 12.2. The number of hydrogen-bond donors (Lipinski definition) is 1. The lowest BCUT2D eigenvalue weighted by molar-refractivity contribution is -0.127. The summed E-state index contributed by atoms with van der Waals surface area (Å²) in [6.45, 7) is 2.19. The highest BCUT2D eigenvalue weighted by atomic mass is 35.5. The summed E-state index contributed by atoms with van der Waals surface area (Å²) in [6.07, 6.45) is 2.02. The van der Waals surface area contributed by atoms with Crippen molar-refractivity contribution >= 4 is 33.2 Å². The van der Waals surface area contributed by atoms with Crippen LogP contribution in [0.4, 0.5) is 5.69 Å². The smallest absolute Gasteiger partial charge is 0.260 e. The topological polar surface area (TPSA) is 75.7 Å². The molecule has 6 nitrogen and oxygen atoms in total. The molecule has 2 aromatic rings. The zero-order valence-electron chi connectivity index (χ0n) is 16.2. The summed E-state index contributed by atoms with van der Waals surface area (Å²) in [5.41, 5.74) is 1.58. The van der Waals surface area contributed by atoms with Gasteiger partial charge in [-0.2, -0.15) is 0 Å². The van der Waals surface area contributed by atoms with E-state index in [-0.39, 0.29) is 5.91 Å². The van der Waals surface area contributed by atoms with E-state index in [0.717, 1.165) is 29.7 Å². The first kappa shape index (κ1) is 22.0. The summed E-state index contributed by atoms with van der Waals surface area (Å²) in [5, 5.41) is 3.58. The first-order chi connectivity index (χ1) is 13.2. The molecule has 0 saturated heterocycles. The lowest BCUT2D eigenvalue weighted by Gasteiger charge is -2.18. The van der Waals surface area contributed by atoms with Crippen LogP contribution in [-0.2, 0) is 21.2 Å². The molecule has 152 valence electrons. The molecule has 8 heteroatoms. The molecule has 0 heterocycles. The van der Waals surface area contributed by atoms with Gasteiger partial charge in [-0.05, 0) is 55.7 Å². The predicted molar refractivity (Wildman–Crippen MR) is 113 cm³/mol. The van der Waals surface area contributed by atoms with E-state index in [0.29, 0.717) is 18.0 Å². The van der Waals surface area contributed by atoms with Gasteiger partial charge in [0.05, 0.1) is 11.9 Å². The molecular formula is C20H25ClN2O4S. The van der Waals surface area contributed by atoms with Gasteiger partial charge in [0, 0.05) is 18.6 Å². The molecule has 0 fully saturated rings. The minimum atomic E-state index is -3.32. The van der Waals surface area contributed by atoms with Gasteiger partial charge in [0.15, 0.2) is 6.10 Å². The maximum atomic E-state index is 12.2. The Morgan fingerprint density at radius 2 is 1.82 bits per heavy atom. The Labute approximate surface area is 171 Å². The summed E-state index contributed by atoms with van der Waals surface area (Å²) in [7, 11) is -1.84. The van der Waals surface area contributed by atoms with E-state index in [1.165, 1.54) is 11.4 Å². The van der Waals surface area contributed by atoms with E-state index in [2.05, 4.69) is 5.32 Å². The highest BCUT2D eigenvalue weighted by Gasteiger charge is 2.15. The van der Waals surface area contributed by atoms with Crippen LogP contribution in [0.2, 0.25) is 5.02 Å². The highest BCUT2D eigenvalue weighted by molar-refractivity contribution is 7.92. The summed E-state index contributed by atoms with van der Waals surface area (Å²) < 4.78 is 29.9. The number of hydrogen-bond acceptors (Lipinski definition) is 4. The zero-order valence-corrected chi connectivity index (χ0v) is 17.8. The monoisotopic (exact) mass is 424 g/mol. The lowest BCUT2D eigenvalue weighted by Crippen LogP contribution is -2.36. The average molecular weight is 425 g/mol. The Kier molecular flexibility index (Phi) is 7.71. The minimum Gasteiger partial charge on any atom is -0.481 e. The van der Waals surface area contributed by atoms with E-state index in [4.69, 9.17) is 16.3 Å². The fraction of sp³-hybridized carbons (Fsp3) is 0.350. The largest absolute Gasteiger partial charge is 0.481 e. The number of nitrogens with one attached hydrogen (secondary N) is 1.